The lowest BCUT2D eigenvalue weighted by Gasteiger charge is -2.24. The van der Waals surface area contributed by atoms with Crippen LogP contribution in [0.1, 0.15) is 12.8 Å². The number of carbonyl (C=O) groups excluding carboxylic acids is 1. The van der Waals surface area contributed by atoms with Gasteiger partial charge in [-0.2, -0.15) is 0 Å². The third-order valence-corrected chi connectivity index (χ3v) is 4.13. The Morgan fingerprint density at radius 2 is 1.94 bits per heavy atom. The molecule has 1 aliphatic rings. The van der Waals surface area contributed by atoms with Gasteiger partial charge in [0, 0.05) is 25.9 Å². The molecule has 1 rings (SSSR count). The lowest BCUT2D eigenvalue weighted by atomic mass is 10.2. The molecule has 0 aromatic carbocycles. The molecule has 0 aromatic heterocycles. The normalized spacial score (nSPS) is 20.5. The van der Waals surface area contributed by atoms with Gasteiger partial charge in [0.1, 0.15) is 9.84 Å². The molecular weight excluding hydrogens is 254 g/mol. The lowest BCUT2D eigenvalue weighted by Crippen LogP contribution is -2.45. The van der Waals surface area contributed by atoms with E-state index in [2.05, 4.69) is 4.90 Å². The third kappa shape index (κ3) is 5.32. The summed E-state index contributed by atoms with van der Waals surface area (Å²) in [5.41, 5.74) is 5.77. The maximum atomic E-state index is 12.1. The van der Waals surface area contributed by atoms with Gasteiger partial charge in [0.2, 0.25) is 5.91 Å². The van der Waals surface area contributed by atoms with Crippen molar-refractivity contribution < 1.29 is 13.2 Å². The second-order valence-corrected chi connectivity index (χ2v) is 7.27. The van der Waals surface area contributed by atoms with Crippen molar-refractivity contribution in [2.75, 3.05) is 45.2 Å². The Morgan fingerprint density at radius 1 is 1.28 bits per heavy atom. The summed E-state index contributed by atoms with van der Waals surface area (Å²) in [5, 5.41) is 0. The van der Waals surface area contributed by atoms with Crippen LogP contribution in [-0.2, 0) is 14.6 Å². The van der Waals surface area contributed by atoms with E-state index in [1.54, 1.807) is 4.90 Å². The molecule has 0 radical (unpaired) electrons. The van der Waals surface area contributed by atoms with Crippen LogP contribution in [0, 0.1) is 0 Å². The minimum absolute atomic E-state index is 0.0341. The summed E-state index contributed by atoms with van der Waals surface area (Å²) in [6.45, 7) is 3.19. The summed E-state index contributed by atoms with van der Waals surface area (Å²) < 4.78 is 22.1. The van der Waals surface area contributed by atoms with Crippen molar-refractivity contribution in [3.05, 3.63) is 0 Å². The first kappa shape index (κ1) is 15.4. The number of nitrogens with zero attached hydrogens (tertiary/aromatic N) is 2. The van der Waals surface area contributed by atoms with Crippen LogP contribution in [0.25, 0.3) is 0 Å². The van der Waals surface area contributed by atoms with E-state index in [0.29, 0.717) is 13.1 Å². The van der Waals surface area contributed by atoms with E-state index in [4.69, 9.17) is 5.73 Å². The van der Waals surface area contributed by atoms with Gasteiger partial charge in [-0.25, -0.2) is 8.42 Å². The topological polar surface area (TPSA) is 83.7 Å². The monoisotopic (exact) mass is 277 g/mol. The van der Waals surface area contributed by atoms with E-state index in [0.717, 1.165) is 25.8 Å². The zero-order chi connectivity index (χ0) is 13.8. The molecule has 2 N–H and O–H groups in total. The van der Waals surface area contributed by atoms with E-state index in [9.17, 15) is 13.2 Å². The summed E-state index contributed by atoms with van der Waals surface area (Å²) in [6.07, 6.45) is 2.29. The Labute approximate surface area is 109 Å². The average Bonchev–Trinajstić information content (AvgIpc) is 2.49. The Kier molecular flexibility index (Phi) is 5.55. The molecule has 0 saturated carbocycles. The zero-order valence-electron chi connectivity index (χ0n) is 11.1. The molecule has 0 spiro atoms. The van der Waals surface area contributed by atoms with Gasteiger partial charge in [-0.1, -0.05) is 0 Å². The van der Waals surface area contributed by atoms with E-state index in [1.807, 2.05) is 7.05 Å². The largest absolute Gasteiger partial charge is 0.340 e. The van der Waals surface area contributed by atoms with Gasteiger partial charge in [0.25, 0.3) is 0 Å². The molecule has 1 atom stereocenters. The fraction of sp³-hybridized carbons (Fsp3) is 0.909. The van der Waals surface area contributed by atoms with Crippen molar-refractivity contribution in [3.8, 4) is 0 Å². The highest BCUT2D eigenvalue weighted by Crippen LogP contribution is 2.05. The number of likely N-dealkylation sites (N-methyl/N-ethyl adjacent to an activating group) is 1. The maximum Gasteiger partial charge on any atom is 0.239 e. The fourth-order valence-corrected chi connectivity index (χ4v) is 2.65. The van der Waals surface area contributed by atoms with Crippen molar-refractivity contribution >= 4 is 15.7 Å². The second-order valence-electron chi connectivity index (χ2n) is 5.01. The first-order valence-electron chi connectivity index (χ1n) is 6.20. The molecule has 6 nitrogen and oxygen atoms in total. The van der Waals surface area contributed by atoms with Gasteiger partial charge in [-0.05, 0) is 26.4 Å². The van der Waals surface area contributed by atoms with E-state index in [-0.39, 0.29) is 18.1 Å². The van der Waals surface area contributed by atoms with Crippen molar-refractivity contribution in [2.45, 2.75) is 18.9 Å². The molecular formula is C11H23N3O3S. The maximum absolute atomic E-state index is 12.1. The third-order valence-electron chi connectivity index (χ3n) is 3.15. The summed E-state index contributed by atoms with van der Waals surface area (Å²) in [5.74, 6) is -0.165. The van der Waals surface area contributed by atoms with Crippen LogP contribution in [0.15, 0.2) is 0 Å². The van der Waals surface area contributed by atoms with Crippen molar-refractivity contribution in [1.82, 2.24) is 9.80 Å². The molecule has 1 aliphatic heterocycles. The van der Waals surface area contributed by atoms with Crippen LogP contribution in [0.2, 0.25) is 0 Å². The highest BCUT2D eigenvalue weighted by atomic mass is 32.2. The molecule has 1 amide bonds. The van der Waals surface area contributed by atoms with Crippen LogP contribution >= 0.6 is 0 Å². The molecule has 106 valence electrons. The molecule has 1 heterocycles. The standard InChI is InChI=1S/C11H23N3O3S/c1-13-5-3-6-14(8-7-13)11(15)10(12)4-9-18(2,16)17/h10H,3-9,12H2,1-2H3. The highest BCUT2D eigenvalue weighted by molar-refractivity contribution is 7.90. The Bertz CT molecular complexity index is 383. The summed E-state index contributed by atoms with van der Waals surface area (Å²) in [7, 11) is -1.03. The van der Waals surface area contributed by atoms with Crippen molar-refractivity contribution in [1.29, 1.82) is 0 Å². The number of amides is 1. The molecule has 7 heteroatoms. The molecule has 0 aliphatic carbocycles. The lowest BCUT2D eigenvalue weighted by molar-refractivity contribution is -0.132. The number of hydrogen-bond acceptors (Lipinski definition) is 5. The van der Waals surface area contributed by atoms with Crippen LogP contribution in [0.4, 0.5) is 0 Å². The number of nitrogens with two attached hydrogens (primary N) is 1. The Balaban J connectivity index is 2.47. The fourth-order valence-electron chi connectivity index (χ4n) is 1.97. The van der Waals surface area contributed by atoms with Gasteiger partial charge in [-0.3, -0.25) is 4.79 Å². The molecule has 1 saturated heterocycles. The van der Waals surface area contributed by atoms with Crippen LogP contribution in [0.3, 0.4) is 0 Å². The van der Waals surface area contributed by atoms with Crippen LogP contribution in [-0.4, -0.2) is 75.4 Å². The first-order valence-corrected chi connectivity index (χ1v) is 8.26. The van der Waals surface area contributed by atoms with Crippen molar-refractivity contribution in [3.63, 3.8) is 0 Å². The van der Waals surface area contributed by atoms with Gasteiger partial charge < -0.3 is 15.5 Å². The first-order chi connectivity index (χ1) is 8.29. The number of hydrogen-bond donors (Lipinski definition) is 1. The number of sulfone groups is 1. The SMILES string of the molecule is CN1CCCN(C(=O)C(N)CCS(C)(=O)=O)CC1. The zero-order valence-corrected chi connectivity index (χ0v) is 11.9. The quantitative estimate of drug-likeness (QED) is 0.706. The average molecular weight is 277 g/mol. The van der Waals surface area contributed by atoms with Gasteiger partial charge in [-0.15, -0.1) is 0 Å². The molecule has 1 unspecified atom stereocenters. The van der Waals surface area contributed by atoms with Gasteiger partial charge in [0.05, 0.1) is 11.8 Å². The molecule has 0 bridgehead atoms. The number of rotatable bonds is 4. The summed E-state index contributed by atoms with van der Waals surface area (Å²) in [6, 6.07) is -0.705. The second kappa shape index (κ2) is 6.49. The summed E-state index contributed by atoms with van der Waals surface area (Å²) >= 11 is 0. The summed E-state index contributed by atoms with van der Waals surface area (Å²) in [4.78, 5) is 16.0. The minimum atomic E-state index is -3.06. The Morgan fingerprint density at radius 3 is 2.56 bits per heavy atom. The molecule has 18 heavy (non-hydrogen) atoms. The molecule has 0 aromatic rings. The van der Waals surface area contributed by atoms with E-state index in [1.165, 1.54) is 0 Å². The van der Waals surface area contributed by atoms with Crippen LogP contribution in [0.5, 0.6) is 0 Å². The molecule has 1 fully saturated rings. The predicted molar refractivity (Wildman–Crippen MR) is 71.0 cm³/mol. The van der Waals surface area contributed by atoms with E-state index >= 15 is 0 Å². The van der Waals surface area contributed by atoms with Gasteiger partial charge >= 0.3 is 0 Å². The number of carbonyl (C=O) groups is 1. The van der Waals surface area contributed by atoms with E-state index < -0.39 is 15.9 Å². The van der Waals surface area contributed by atoms with Crippen LogP contribution < -0.4 is 5.73 Å². The van der Waals surface area contributed by atoms with Gasteiger partial charge in [0.15, 0.2) is 0 Å². The predicted octanol–water partition coefficient (Wildman–Crippen LogP) is -1.09. The van der Waals surface area contributed by atoms with Crippen molar-refractivity contribution in [2.24, 2.45) is 5.73 Å². The Hall–Kier alpha value is -0.660. The minimum Gasteiger partial charge on any atom is -0.340 e. The highest BCUT2D eigenvalue weighted by Gasteiger charge is 2.23. The smallest absolute Gasteiger partial charge is 0.239 e.